The third-order valence-electron chi connectivity index (χ3n) is 4.87. The van der Waals surface area contributed by atoms with Crippen LogP contribution in [0.4, 0.5) is 0 Å². The van der Waals surface area contributed by atoms with E-state index in [2.05, 4.69) is 5.09 Å². The van der Waals surface area contributed by atoms with Crippen LogP contribution in [0.25, 0.3) is 0 Å². The predicted octanol–water partition coefficient (Wildman–Crippen LogP) is 2.92. The SMILES string of the molecule is CC(C)OC(=O)C(C)NP(=S)(OCCSC(=O)C(C)(C)C)OCC1CC(Cl)C(N(C)/C=C\C(=O)NC=O)O1. The third kappa shape index (κ3) is 12.9. The van der Waals surface area contributed by atoms with Gasteiger partial charge in [0.05, 0.1) is 30.8 Å². The molecule has 1 saturated heterocycles. The predicted molar refractivity (Wildman–Crippen MR) is 151 cm³/mol. The fourth-order valence-electron chi connectivity index (χ4n) is 2.97. The molecule has 0 aliphatic carbocycles. The molecule has 2 amide bonds. The molecule has 0 aromatic carbocycles. The van der Waals surface area contributed by atoms with Crippen molar-refractivity contribution in [1.82, 2.24) is 15.3 Å². The van der Waals surface area contributed by atoms with Crippen LogP contribution in [0.5, 0.6) is 0 Å². The van der Waals surface area contributed by atoms with Crippen LogP contribution in [0.15, 0.2) is 12.3 Å². The zero-order valence-electron chi connectivity index (χ0n) is 22.8. The Bertz CT molecular complexity index is 902. The Morgan fingerprint density at radius 3 is 2.50 bits per heavy atom. The molecule has 1 aliphatic heterocycles. The summed E-state index contributed by atoms with van der Waals surface area (Å²) in [5.41, 5.74) is -0.482. The lowest BCUT2D eigenvalue weighted by Gasteiger charge is -2.28. The van der Waals surface area contributed by atoms with Gasteiger partial charge in [-0.15, -0.1) is 11.6 Å². The maximum absolute atomic E-state index is 12.4. The van der Waals surface area contributed by atoms with Gasteiger partial charge in [-0.1, -0.05) is 32.5 Å². The van der Waals surface area contributed by atoms with E-state index < -0.39 is 47.7 Å². The fourth-order valence-corrected chi connectivity index (χ4v) is 6.69. The van der Waals surface area contributed by atoms with E-state index in [0.29, 0.717) is 18.6 Å². The van der Waals surface area contributed by atoms with Crippen molar-refractivity contribution in [2.45, 2.75) is 77.8 Å². The van der Waals surface area contributed by atoms with Crippen molar-refractivity contribution < 1.29 is 37.7 Å². The average Bonchev–Trinajstić information content (AvgIpc) is 3.18. The van der Waals surface area contributed by atoms with E-state index in [1.165, 1.54) is 12.3 Å². The van der Waals surface area contributed by atoms with Gasteiger partial charge in [0.2, 0.25) is 6.41 Å². The number of hydrogen-bond acceptors (Lipinski definition) is 11. The molecule has 0 bridgehead atoms. The van der Waals surface area contributed by atoms with Crippen LogP contribution in [0.1, 0.15) is 48.0 Å². The number of ether oxygens (including phenoxy) is 2. The molecule has 2 N–H and O–H groups in total. The van der Waals surface area contributed by atoms with Gasteiger partial charge in [0.15, 0.2) is 5.12 Å². The maximum atomic E-state index is 12.4. The third-order valence-corrected chi connectivity index (χ3v) is 9.17. The van der Waals surface area contributed by atoms with E-state index >= 15 is 0 Å². The number of carbonyl (C=O) groups is 4. The van der Waals surface area contributed by atoms with Gasteiger partial charge in [0, 0.05) is 30.5 Å². The van der Waals surface area contributed by atoms with Crippen molar-refractivity contribution in [3.8, 4) is 0 Å². The second-order valence-electron chi connectivity index (χ2n) is 9.86. The lowest BCUT2D eigenvalue weighted by Crippen LogP contribution is -2.36. The first-order valence-corrected chi connectivity index (χ1v) is 16.1. The molecular weight excluding hydrogens is 577 g/mol. The van der Waals surface area contributed by atoms with Gasteiger partial charge in [0.25, 0.3) is 12.5 Å². The Morgan fingerprint density at radius 1 is 1.26 bits per heavy atom. The van der Waals surface area contributed by atoms with Gasteiger partial charge in [-0.3, -0.25) is 24.5 Å². The summed E-state index contributed by atoms with van der Waals surface area (Å²) >= 11 is 13.3. The molecule has 15 heteroatoms. The summed E-state index contributed by atoms with van der Waals surface area (Å²) in [5.74, 6) is -0.707. The molecule has 1 aliphatic rings. The molecule has 0 aromatic rings. The minimum absolute atomic E-state index is 0.0255. The molecule has 1 heterocycles. The highest BCUT2D eigenvalue weighted by atomic mass is 35.5. The number of halogens is 1. The first-order valence-electron chi connectivity index (χ1n) is 12.1. The van der Waals surface area contributed by atoms with Crippen molar-refractivity contribution >= 4 is 65.2 Å². The van der Waals surface area contributed by atoms with E-state index in [-0.39, 0.29) is 24.4 Å². The van der Waals surface area contributed by atoms with Crippen molar-refractivity contribution in [2.24, 2.45) is 5.41 Å². The monoisotopic (exact) mass is 615 g/mol. The van der Waals surface area contributed by atoms with Gasteiger partial charge in [-0.25, -0.2) is 5.09 Å². The Labute approximate surface area is 239 Å². The van der Waals surface area contributed by atoms with E-state index in [1.54, 1.807) is 32.7 Å². The summed E-state index contributed by atoms with van der Waals surface area (Å²) in [7, 11) is 1.68. The molecule has 11 nitrogen and oxygen atoms in total. The fraction of sp³-hybridized carbons (Fsp3) is 0.739. The van der Waals surface area contributed by atoms with Crippen molar-refractivity contribution in [3.63, 3.8) is 0 Å². The summed E-state index contributed by atoms with van der Waals surface area (Å²) in [6.45, 7) is 7.58. The van der Waals surface area contributed by atoms with Crippen molar-refractivity contribution in [1.29, 1.82) is 0 Å². The average molecular weight is 616 g/mol. The molecule has 218 valence electrons. The number of imide groups is 1. The molecule has 0 aromatic heterocycles. The minimum Gasteiger partial charge on any atom is -0.462 e. The molecule has 1 rings (SSSR count). The molecule has 0 radical (unpaired) electrons. The Balaban J connectivity index is 2.80. The molecule has 0 spiro atoms. The van der Waals surface area contributed by atoms with Gasteiger partial charge < -0.3 is 23.4 Å². The Hall–Kier alpha value is -1.05. The van der Waals surface area contributed by atoms with Crippen LogP contribution >= 0.6 is 30.0 Å². The number of thioether (sulfide) groups is 1. The van der Waals surface area contributed by atoms with E-state index in [0.717, 1.165) is 11.8 Å². The maximum Gasteiger partial charge on any atom is 0.323 e. The van der Waals surface area contributed by atoms with Crippen molar-refractivity contribution in [2.75, 3.05) is 26.0 Å². The number of hydrogen-bond donors (Lipinski definition) is 2. The highest BCUT2D eigenvalue weighted by Crippen LogP contribution is 2.46. The first-order chi connectivity index (χ1) is 17.6. The zero-order valence-corrected chi connectivity index (χ0v) is 26.1. The van der Waals surface area contributed by atoms with E-state index in [1.807, 2.05) is 26.1 Å². The quantitative estimate of drug-likeness (QED) is 0.0701. The number of rotatable bonds is 15. The van der Waals surface area contributed by atoms with Gasteiger partial charge >= 0.3 is 5.97 Å². The lowest BCUT2D eigenvalue weighted by atomic mass is 10.00. The Morgan fingerprint density at radius 2 is 1.92 bits per heavy atom. The molecule has 1 fully saturated rings. The molecule has 5 atom stereocenters. The van der Waals surface area contributed by atoms with Crippen LogP contribution in [-0.4, -0.2) is 84.2 Å². The first kappa shape index (κ1) is 35.0. The summed E-state index contributed by atoms with van der Waals surface area (Å²) in [6.07, 6.45) is 2.06. The summed E-state index contributed by atoms with van der Waals surface area (Å²) < 4.78 is 23.1. The number of carbonyl (C=O) groups excluding carboxylic acids is 4. The Kier molecular flexibility index (Phi) is 15.0. The normalized spacial score (nSPS) is 22.2. The lowest BCUT2D eigenvalue weighted by molar-refractivity contribution is -0.149. The number of esters is 1. The van der Waals surface area contributed by atoms with Gasteiger partial charge in [-0.2, -0.15) is 0 Å². The second kappa shape index (κ2) is 16.3. The standard InChI is InChI=1S/C23H39ClN3O8PS2/c1-15(2)34-21(30)16(3)26-36(37,32-10-11-38-22(31)23(4,5)6)33-13-17-12-18(24)20(35-17)27(7)9-8-19(29)25-14-28/h8-9,14-18,20H,10-13H2,1-7H3,(H,26,37)(H,25,28,29)/b9-8-. The van der Waals surface area contributed by atoms with Crippen LogP contribution in [0.2, 0.25) is 0 Å². The molecule has 0 saturated carbocycles. The summed E-state index contributed by atoms with van der Waals surface area (Å²) in [4.78, 5) is 48.0. The molecular formula is C23H39ClN3O8PS2. The van der Waals surface area contributed by atoms with Crippen LogP contribution in [0, 0.1) is 5.41 Å². The smallest absolute Gasteiger partial charge is 0.323 e. The number of amides is 2. The molecule has 38 heavy (non-hydrogen) atoms. The van der Waals surface area contributed by atoms with Crippen molar-refractivity contribution in [3.05, 3.63) is 12.3 Å². The summed E-state index contributed by atoms with van der Waals surface area (Å²) in [5, 5.41) is 4.58. The summed E-state index contributed by atoms with van der Waals surface area (Å²) in [6, 6.07) is -0.793. The van der Waals surface area contributed by atoms with Gasteiger partial charge in [-0.05, 0) is 39.0 Å². The van der Waals surface area contributed by atoms with Crippen LogP contribution in [0.3, 0.4) is 0 Å². The number of nitrogens with zero attached hydrogens (tertiary/aromatic N) is 1. The largest absolute Gasteiger partial charge is 0.462 e. The van der Waals surface area contributed by atoms with Crippen LogP contribution in [-0.2, 0) is 49.5 Å². The van der Waals surface area contributed by atoms with Crippen LogP contribution < -0.4 is 10.4 Å². The highest BCUT2D eigenvalue weighted by Gasteiger charge is 2.37. The molecule has 5 unspecified atom stereocenters. The zero-order chi connectivity index (χ0) is 29.1. The number of alkyl halides is 1. The topological polar surface area (TPSA) is 132 Å². The van der Waals surface area contributed by atoms with E-state index in [9.17, 15) is 19.2 Å². The van der Waals surface area contributed by atoms with Gasteiger partial charge in [0.1, 0.15) is 12.3 Å². The minimum atomic E-state index is -3.20. The number of nitrogens with one attached hydrogen (secondary N) is 2. The highest BCUT2D eigenvalue weighted by molar-refractivity contribution is 8.13. The van der Waals surface area contributed by atoms with E-state index in [4.69, 9.17) is 41.9 Å². The second-order valence-corrected chi connectivity index (χ2v) is 14.7.